The first-order valence-electron chi connectivity index (χ1n) is 7.23. The van der Waals surface area contributed by atoms with Crippen LogP contribution < -0.4 is 11.3 Å². The van der Waals surface area contributed by atoms with Gasteiger partial charge in [-0.1, -0.05) is 11.3 Å². The minimum atomic E-state index is -4.87. The van der Waals surface area contributed by atoms with Gasteiger partial charge in [-0.15, -0.1) is 0 Å². The lowest BCUT2D eigenvalue weighted by atomic mass is 10.2. The second-order valence-corrected chi connectivity index (χ2v) is 6.51. The molecule has 132 valence electrons. The van der Waals surface area contributed by atoms with Crippen LogP contribution in [0.3, 0.4) is 0 Å². The summed E-state index contributed by atoms with van der Waals surface area (Å²) in [4.78, 5) is 20.5. The number of rotatable bonds is 1. The van der Waals surface area contributed by atoms with Crippen LogP contribution in [0.15, 0.2) is 41.2 Å². The number of benzene rings is 2. The Morgan fingerprint density at radius 1 is 1.08 bits per heavy atom. The Morgan fingerprint density at radius 3 is 2.54 bits per heavy atom. The van der Waals surface area contributed by atoms with Crippen LogP contribution in [0.4, 0.5) is 18.9 Å². The molecule has 26 heavy (non-hydrogen) atoms. The topological polar surface area (TPSA) is 94.0 Å². The van der Waals surface area contributed by atoms with Gasteiger partial charge in [-0.3, -0.25) is 4.79 Å². The van der Waals surface area contributed by atoms with Gasteiger partial charge in [0.25, 0.3) is 5.56 Å². The molecule has 0 spiro atoms. The Balaban J connectivity index is 2.11. The van der Waals surface area contributed by atoms with Crippen LogP contribution in [-0.4, -0.2) is 19.6 Å². The molecule has 0 radical (unpaired) electrons. The van der Waals surface area contributed by atoms with Crippen LogP contribution in [-0.2, 0) is 6.18 Å². The number of nitrogen functional groups attached to an aromatic ring is 1. The van der Waals surface area contributed by atoms with Gasteiger partial charge in [0.1, 0.15) is 5.75 Å². The monoisotopic (exact) mass is 378 g/mol. The molecule has 4 rings (SSSR count). The van der Waals surface area contributed by atoms with Crippen molar-refractivity contribution in [3.05, 3.63) is 52.6 Å². The number of nitrogens with zero attached hydrogens (tertiary/aromatic N) is 3. The first kappa shape index (κ1) is 16.3. The fourth-order valence-electron chi connectivity index (χ4n) is 2.57. The van der Waals surface area contributed by atoms with E-state index in [-0.39, 0.29) is 27.5 Å². The first-order valence-corrected chi connectivity index (χ1v) is 8.05. The lowest BCUT2D eigenvalue weighted by Crippen LogP contribution is -2.28. The lowest BCUT2D eigenvalue weighted by Gasteiger charge is -2.13. The standard InChI is InChI=1S/C16H9F3N4O2S/c17-16(18,19)14-21-10-3-1-7(20)5-9(10)13(25)23(14)15-22-11-4-2-8(24)6-12(11)26-15/h1-6,24H,20H2. The van der Waals surface area contributed by atoms with E-state index in [4.69, 9.17) is 5.73 Å². The molecule has 0 saturated carbocycles. The molecule has 0 bridgehead atoms. The van der Waals surface area contributed by atoms with E-state index in [1.165, 1.54) is 36.4 Å². The van der Waals surface area contributed by atoms with Crippen LogP contribution in [0.5, 0.6) is 5.75 Å². The summed E-state index contributed by atoms with van der Waals surface area (Å²) in [6, 6.07) is 8.09. The number of fused-ring (bicyclic) bond motifs is 2. The second-order valence-electron chi connectivity index (χ2n) is 5.50. The van der Waals surface area contributed by atoms with Crippen LogP contribution in [0.1, 0.15) is 5.82 Å². The third-order valence-corrected chi connectivity index (χ3v) is 4.70. The molecule has 4 aromatic rings. The molecular weight excluding hydrogens is 369 g/mol. The molecule has 0 unspecified atom stereocenters. The summed E-state index contributed by atoms with van der Waals surface area (Å²) < 4.78 is 41.5. The van der Waals surface area contributed by atoms with Crippen molar-refractivity contribution in [2.75, 3.05) is 5.73 Å². The van der Waals surface area contributed by atoms with Gasteiger partial charge in [-0.25, -0.2) is 14.5 Å². The highest BCUT2D eigenvalue weighted by atomic mass is 32.1. The van der Waals surface area contributed by atoms with Crippen molar-refractivity contribution in [2.24, 2.45) is 0 Å². The van der Waals surface area contributed by atoms with Crippen molar-refractivity contribution in [2.45, 2.75) is 6.18 Å². The molecule has 2 aromatic carbocycles. The number of thiazole rings is 1. The van der Waals surface area contributed by atoms with E-state index in [0.29, 0.717) is 14.8 Å². The fourth-order valence-corrected chi connectivity index (χ4v) is 3.57. The third-order valence-electron chi connectivity index (χ3n) is 3.70. The van der Waals surface area contributed by atoms with Crippen molar-refractivity contribution >= 4 is 38.1 Å². The average Bonchev–Trinajstić information content (AvgIpc) is 2.96. The highest BCUT2D eigenvalue weighted by Gasteiger charge is 2.38. The van der Waals surface area contributed by atoms with Crippen LogP contribution >= 0.6 is 11.3 Å². The van der Waals surface area contributed by atoms with E-state index in [0.717, 1.165) is 11.3 Å². The van der Waals surface area contributed by atoms with Crippen LogP contribution in [0.25, 0.3) is 26.3 Å². The summed E-state index contributed by atoms with van der Waals surface area (Å²) in [5.74, 6) is -1.43. The van der Waals surface area contributed by atoms with E-state index in [2.05, 4.69) is 9.97 Å². The summed E-state index contributed by atoms with van der Waals surface area (Å²) in [6.07, 6.45) is -4.87. The van der Waals surface area contributed by atoms with Gasteiger partial charge < -0.3 is 10.8 Å². The zero-order valence-corrected chi connectivity index (χ0v) is 13.6. The van der Waals surface area contributed by atoms with Gasteiger partial charge in [-0.2, -0.15) is 13.2 Å². The van der Waals surface area contributed by atoms with E-state index in [1.54, 1.807) is 0 Å². The molecule has 0 atom stereocenters. The molecule has 0 fully saturated rings. The molecule has 0 saturated heterocycles. The van der Waals surface area contributed by atoms with Crippen LogP contribution in [0, 0.1) is 0 Å². The Morgan fingerprint density at radius 2 is 1.81 bits per heavy atom. The van der Waals surface area contributed by atoms with Gasteiger partial charge in [0.15, 0.2) is 5.13 Å². The third kappa shape index (κ3) is 2.54. The summed E-state index contributed by atoms with van der Waals surface area (Å²) in [6.45, 7) is 0. The fraction of sp³-hybridized carbons (Fsp3) is 0.0625. The molecule has 0 aliphatic carbocycles. The SMILES string of the molecule is Nc1ccc2nc(C(F)(F)F)n(-c3nc4ccc(O)cc4s3)c(=O)c2c1. The number of anilines is 1. The summed E-state index contributed by atoms with van der Waals surface area (Å²) in [7, 11) is 0. The minimum absolute atomic E-state index is 0.0416. The van der Waals surface area contributed by atoms with Crippen molar-refractivity contribution in [3.63, 3.8) is 0 Å². The van der Waals surface area contributed by atoms with Crippen LogP contribution in [0.2, 0.25) is 0 Å². The summed E-state index contributed by atoms with van der Waals surface area (Å²) in [5.41, 5.74) is 5.21. The van der Waals surface area contributed by atoms with Gasteiger partial charge >= 0.3 is 6.18 Å². The molecule has 3 N–H and O–H groups in total. The average molecular weight is 378 g/mol. The molecular formula is C16H9F3N4O2S. The molecule has 2 heterocycles. The second kappa shape index (κ2) is 5.43. The zero-order chi connectivity index (χ0) is 18.6. The van der Waals surface area contributed by atoms with Gasteiger partial charge in [0.2, 0.25) is 5.82 Å². The smallest absolute Gasteiger partial charge is 0.450 e. The van der Waals surface area contributed by atoms with Gasteiger partial charge in [0, 0.05) is 5.69 Å². The Kier molecular flexibility index (Phi) is 3.41. The number of aromatic hydroxyl groups is 1. The predicted molar refractivity (Wildman–Crippen MR) is 91.6 cm³/mol. The summed E-state index contributed by atoms with van der Waals surface area (Å²) >= 11 is 0.842. The number of halogens is 3. The van der Waals surface area contributed by atoms with Crippen molar-refractivity contribution in [1.82, 2.24) is 14.5 Å². The maximum Gasteiger partial charge on any atom is 0.450 e. The van der Waals surface area contributed by atoms with E-state index >= 15 is 0 Å². The summed E-state index contributed by atoms with van der Waals surface area (Å²) in [5, 5.41) is 9.29. The largest absolute Gasteiger partial charge is 0.508 e. The lowest BCUT2D eigenvalue weighted by molar-refractivity contribution is -0.146. The van der Waals surface area contributed by atoms with E-state index in [1.807, 2.05) is 0 Å². The maximum absolute atomic E-state index is 13.5. The maximum atomic E-state index is 13.5. The van der Waals surface area contributed by atoms with Crippen molar-refractivity contribution in [3.8, 4) is 10.9 Å². The molecule has 10 heteroatoms. The molecule has 0 aliphatic heterocycles. The van der Waals surface area contributed by atoms with Crippen molar-refractivity contribution < 1.29 is 18.3 Å². The Hall–Kier alpha value is -3.14. The quantitative estimate of drug-likeness (QED) is 0.496. The van der Waals surface area contributed by atoms with Gasteiger partial charge in [-0.05, 0) is 36.4 Å². The molecule has 6 nitrogen and oxygen atoms in total. The van der Waals surface area contributed by atoms with E-state index in [9.17, 15) is 23.1 Å². The normalized spacial score (nSPS) is 12.1. The number of phenols is 1. The van der Waals surface area contributed by atoms with Crippen molar-refractivity contribution in [1.29, 1.82) is 0 Å². The number of nitrogens with two attached hydrogens (primary N) is 1. The number of hydrogen-bond acceptors (Lipinski definition) is 6. The number of phenolic OH excluding ortho intramolecular Hbond substituents is 1. The minimum Gasteiger partial charge on any atom is -0.508 e. The highest BCUT2D eigenvalue weighted by Crippen LogP contribution is 2.33. The number of alkyl halides is 3. The Labute approximate surface area is 147 Å². The number of hydrogen-bond donors (Lipinski definition) is 2. The molecule has 2 aromatic heterocycles. The number of aromatic nitrogens is 3. The highest BCUT2D eigenvalue weighted by molar-refractivity contribution is 7.20. The van der Waals surface area contributed by atoms with E-state index < -0.39 is 17.6 Å². The zero-order valence-electron chi connectivity index (χ0n) is 12.8. The predicted octanol–water partition coefficient (Wildman–Crippen LogP) is 3.30. The first-order chi connectivity index (χ1) is 12.2. The molecule has 0 aliphatic rings. The van der Waals surface area contributed by atoms with Gasteiger partial charge in [0.05, 0.1) is 21.1 Å². The Bertz CT molecular complexity index is 1230. The molecule has 0 amide bonds.